The van der Waals surface area contributed by atoms with E-state index in [9.17, 15) is 0 Å². The molecule has 0 aliphatic heterocycles. The fourth-order valence-corrected chi connectivity index (χ4v) is 5.39. The minimum Gasteiger partial charge on any atom is -0.457 e. The van der Waals surface area contributed by atoms with Gasteiger partial charge >= 0.3 is 0 Å². The van der Waals surface area contributed by atoms with Crippen LogP contribution in [0.25, 0.3) is 44.5 Å². The number of imidazole rings is 1. The number of aromatic nitrogens is 5. The summed E-state index contributed by atoms with van der Waals surface area (Å²) in [7, 11) is 0. The van der Waals surface area contributed by atoms with Crippen LogP contribution in [0.3, 0.4) is 0 Å². The fourth-order valence-electron chi connectivity index (χ4n) is 5.39. The van der Waals surface area contributed by atoms with Crippen LogP contribution in [0.2, 0.25) is 0 Å². The van der Waals surface area contributed by atoms with Crippen LogP contribution in [0.5, 0.6) is 23.1 Å². The topological polar surface area (TPSA) is 67.0 Å². The number of hydrogen-bond donors (Lipinski definition) is 0. The van der Waals surface area contributed by atoms with E-state index in [0.29, 0.717) is 23.1 Å². The third-order valence-corrected chi connectivity index (χ3v) is 7.20. The smallest absolute Gasteiger partial charge is 0.220 e. The Labute approximate surface area is 240 Å². The van der Waals surface area contributed by atoms with E-state index in [1.54, 1.807) is 6.20 Å². The molecular formula is C35H23N5O2. The maximum absolute atomic E-state index is 6.37. The zero-order valence-electron chi connectivity index (χ0n) is 22.3. The third-order valence-electron chi connectivity index (χ3n) is 7.20. The second-order valence-corrected chi connectivity index (χ2v) is 9.83. The lowest BCUT2D eigenvalue weighted by atomic mass is 10.2. The molecule has 8 rings (SSSR count). The minimum atomic E-state index is 0.524. The number of benzene rings is 4. The first-order chi connectivity index (χ1) is 20.8. The van der Waals surface area contributed by atoms with Crippen molar-refractivity contribution in [3.8, 4) is 34.8 Å². The number of pyridine rings is 2. The van der Waals surface area contributed by atoms with Crippen molar-refractivity contribution in [1.82, 2.24) is 24.1 Å². The molecule has 200 valence electrons. The molecule has 0 spiro atoms. The zero-order chi connectivity index (χ0) is 27.9. The first kappa shape index (κ1) is 23.9. The van der Waals surface area contributed by atoms with Gasteiger partial charge < -0.3 is 9.47 Å². The highest BCUT2D eigenvalue weighted by atomic mass is 16.5. The summed E-state index contributed by atoms with van der Waals surface area (Å²) < 4.78 is 16.6. The van der Waals surface area contributed by atoms with E-state index >= 15 is 0 Å². The van der Waals surface area contributed by atoms with Crippen LogP contribution in [-0.2, 0) is 0 Å². The van der Waals surface area contributed by atoms with Crippen LogP contribution in [0.4, 0.5) is 0 Å². The van der Waals surface area contributed by atoms with Gasteiger partial charge in [0.2, 0.25) is 11.8 Å². The van der Waals surface area contributed by atoms with Gasteiger partial charge in [-0.25, -0.2) is 9.97 Å². The zero-order valence-corrected chi connectivity index (χ0v) is 22.3. The average molecular weight is 546 g/mol. The van der Waals surface area contributed by atoms with Gasteiger partial charge in [0.15, 0.2) is 0 Å². The molecule has 7 nitrogen and oxygen atoms in total. The summed E-state index contributed by atoms with van der Waals surface area (Å²) in [5.41, 5.74) is 4.88. The summed E-state index contributed by atoms with van der Waals surface area (Å²) in [5.74, 6) is 3.29. The van der Waals surface area contributed by atoms with Crippen LogP contribution in [0.1, 0.15) is 0 Å². The number of ether oxygens (including phenoxy) is 2. The maximum atomic E-state index is 6.37. The van der Waals surface area contributed by atoms with E-state index < -0.39 is 0 Å². The lowest BCUT2D eigenvalue weighted by Gasteiger charge is -2.13. The molecule has 0 atom stereocenters. The summed E-state index contributed by atoms with van der Waals surface area (Å²) in [5, 5.41) is 2.17. The predicted octanol–water partition coefficient (Wildman–Crippen LogP) is 8.50. The number of fused-ring (bicyclic) bond motifs is 4. The molecule has 4 aromatic carbocycles. The van der Waals surface area contributed by atoms with Gasteiger partial charge in [-0.2, -0.15) is 0 Å². The van der Waals surface area contributed by atoms with E-state index in [1.165, 1.54) is 0 Å². The first-order valence-corrected chi connectivity index (χ1v) is 13.6. The average Bonchev–Trinajstić information content (AvgIpc) is 3.57. The van der Waals surface area contributed by atoms with Crippen LogP contribution in [0.15, 0.2) is 140 Å². The fraction of sp³-hybridized carbons (Fsp3) is 0. The van der Waals surface area contributed by atoms with Crippen molar-refractivity contribution in [2.24, 2.45) is 0 Å². The molecule has 0 unspecified atom stereocenters. The highest BCUT2D eigenvalue weighted by Crippen LogP contribution is 2.37. The largest absolute Gasteiger partial charge is 0.457 e. The second kappa shape index (κ2) is 9.91. The van der Waals surface area contributed by atoms with Crippen molar-refractivity contribution in [2.75, 3.05) is 0 Å². The van der Waals surface area contributed by atoms with Gasteiger partial charge in [0, 0.05) is 47.1 Å². The Morgan fingerprint density at radius 2 is 1.31 bits per heavy atom. The normalized spacial score (nSPS) is 11.3. The Kier molecular flexibility index (Phi) is 5.64. The van der Waals surface area contributed by atoms with Crippen molar-refractivity contribution in [3.63, 3.8) is 0 Å². The molecule has 7 heteroatoms. The van der Waals surface area contributed by atoms with E-state index in [4.69, 9.17) is 14.5 Å². The molecule has 0 amide bonds. The van der Waals surface area contributed by atoms with Gasteiger partial charge in [-0.1, -0.05) is 42.5 Å². The number of nitrogens with zero attached hydrogens (tertiary/aromatic N) is 5. The predicted molar refractivity (Wildman–Crippen MR) is 164 cm³/mol. The molecule has 0 bridgehead atoms. The van der Waals surface area contributed by atoms with Gasteiger partial charge in [-0.15, -0.1) is 0 Å². The standard InChI is InChI=1S/C35H23N5O2/c1-2-9-24(10-3-1)39-31-14-5-4-13-30(31)38-35(39)40-32-22-27(16-17-28(32)29-18-20-36-23-33(29)40)41-25-11-8-12-26(21-25)42-34-15-6-7-19-37-34/h1-23H. The molecule has 0 aliphatic rings. The number of hydrogen-bond acceptors (Lipinski definition) is 5. The molecular weight excluding hydrogens is 522 g/mol. The number of para-hydroxylation sites is 3. The van der Waals surface area contributed by atoms with E-state index in [1.807, 2.05) is 103 Å². The molecule has 0 saturated carbocycles. The van der Waals surface area contributed by atoms with Crippen molar-refractivity contribution in [3.05, 3.63) is 140 Å². The molecule has 0 saturated heterocycles. The summed E-state index contributed by atoms with van der Waals surface area (Å²) in [6.45, 7) is 0. The molecule has 4 aromatic heterocycles. The van der Waals surface area contributed by atoms with Crippen molar-refractivity contribution in [2.45, 2.75) is 0 Å². The van der Waals surface area contributed by atoms with Gasteiger partial charge in [0.05, 0.1) is 28.3 Å². The monoisotopic (exact) mass is 545 g/mol. The third kappa shape index (κ3) is 4.12. The highest BCUT2D eigenvalue weighted by molar-refractivity contribution is 6.09. The summed E-state index contributed by atoms with van der Waals surface area (Å²) in [6.07, 6.45) is 5.42. The molecule has 0 N–H and O–H groups in total. The van der Waals surface area contributed by atoms with Crippen molar-refractivity contribution >= 4 is 32.8 Å². The SMILES string of the molecule is c1ccc(-n2c(-n3c4cnccc4c4ccc(Oc5cccc(Oc6ccccn6)c5)cc43)nc3ccccc32)cc1. The van der Waals surface area contributed by atoms with Crippen molar-refractivity contribution in [1.29, 1.82) is 0 Å². The van der Waals surface area contributed by atoms with Gasteiger partial charge in [-0.3, -0.25) is 14.1 Å². The van der Waals surface area contributed by atoms with E-state index in [-0.39, 0.29) is 0 Å². The molecule has 4 heterocycles. The van der Waals surface area contributed by atoms with Crippen molar-refractivity contribution < 1.29 is 9.47 Å². The molecule has 42 heavy (non-hydrogen) atoms. The Morgan fingerprint density at radius 3 is 2.19 bits per heavy atom. The lowest BCUT2D eigenvalue weighted by Crippen LogP contribution is -2.05. The maximum Gasteiger partial charge on any atom is 0.220 e. The first-order valence-electron chi connectivity index (χ1n) is 13.6. The molecule has 0 fully saturated rings. The van der Waals surface area contributed by atoms with Crippen LogP contribution in [0, 0.1) is 0 Å². The molecule has 0 radical (unpaired) electrons. The van der Waals surface area contributed by atoms with E-state index in [2.05, 4.69) is 49.4 Å². The van der Waals surface area contributed by atoms with Crippen LogP contribution >= 0.6 is 0 Å². The highest BCUT2D eigenvalue weighted by Gasteiger charge is 2.20. The quantitative estimate of drug-likeness (QED) is 0.210. The van der Waals surface area contributed by atoms with Gasteiger partial charge in [0.25, 0.3) is 0 Å². The van der Waals surface area contributed by atoms with Crippen LogP contribution in [-0.4, -0.2) is 24.1 Å². The Bertz CT molecular complexity index is 2200. The number of rotatable bonds is 6. The Morgan fingerprint density at radius 1 is 0.524 bits per heavy atom. The summed E-state index contributed by atoms with van der Waals surface area (Å²) >= 11 is 0. The minimum absolute atomic E-state index is 0.524. The Hall–Kier alpha value is -5.95. The summed E-state index contributed by atoms with van der Waals surface area (Å²) in [6, 6.07) is 39.8. The molecule has 8 aromatic rings. The van der Waals surface area contributed by atoms with Crippen LogP contribution < -0.4 is 9.47 Å². The second-order valence-electron chi connectivity index (χ2n) is 9.83. The van der Waals surface area contributed by atoms with Gasteiger partial charge in [0.1, 0.15) is 17.2 Å². The lowest BCUT2D eigenvalue weighted by molar-refractivity contribution is 0.449. The molecule has 0 aliphatic carbocycles. The van der Waals surface area contributed by atoms with E-state index in [0.717, 1.165) is 44.5 Å². The summed E-state index contributed by atoms with van der Waals surface area (Å²) in [4.78, 5) is 13.9. The Balaban J connectivity index is 1.28. The van der Waals surface area contributed by atoms with Gasteiger partial charge in [-0.05, 0) is 60.7 Å².